The molecule has 5 heteroatoms. The largest absolute Gasteiger partial charge is 0.376 e. The highest BCUT2D eigenvalue weighted by Gasteiger charge is 2.09. The first-order valence-corrected chi connectivity index (χ1v) is 7.19. The Morgan fingerprint density at radius 2 is 2.00 bits per heavy atom. The fourth-order valence-electron chi connectivity index (χ4n) is 1.97. The van der Waals surface area contributed by atoms with Gasteiger partial charge in [0.25, 0.3) is 0 Å². The fourth-order valence-corrected chi connectivity index (χ4v) is 2.19. The first-order chi connectivity index (χ1) is 10.6. The zero-order chi connectivity index (χ0) is 15.9. The summed E-state index contributed by atoms with van der Waals surface area (Å²) in [6.45, 7) is 0.706. The van der Waals surface area contributed by atoms with Crippen molar-refractivity contribution in [3.63, 3.8) is 0 Å². The molecule has 0 aromatic heterocycles. The summed E-state index contributed by atoms with van der Waals surface area (Å²) in [5.41, 5.74) is 2.39. The molecule has 0 radical (unpaired) electrons. The lowest BCUT2D eigenvalue weighted by atomic mass is 10.2. The lowest BCUT2D eigenvalue weighted by molar-refractivity contribution is -0.128. The summed E-state index contributed by atoms with van der Waals surface area (Å²) in [4.78, 5) is 13.7. The number of carbonyl (C=O) groups is 1. The molecule has 0 atom stereocenters. The van der Waals surface area contributed by atoms with Crippen molar-refractivity contribution in [1.82, 2.24) is 4.90 Å². The summed E-state index contributed by atoms with van der Waals surface area (Å²) in [5, 5.41) is 12.4. The fraction of sp³-hybridized carbons (Fsp3) is 0.176. The van der Waals surface area contributed by atoms with Crippen molar-refractivity contribution < 1.29 is 4.79 Å². The van der Waals surface area contributed by atoms with Crippen LogP contribution in [-0.4, -0.2) is 24.4 Å². The van der Waals surface area contributed by atoms with Gasteiger partial charge in [0.15, 0.2) is 0 Å². The van der Waals surface area contributed by atoms with E-state index in [0.29, 0.717) is 17.1 Å². The average molecular weight is 314 g/mol. The Morgan fingerprint density at radius 3 is 2.64 bits per heavy atom. The number of benzene rings is 2. The van der Waals surface area contributed by atoms with E-state index in [4.69, 9.17) is 16.9 Å². The third-order valence-corrected chi connectivity index (χ3v) is 3.43. The highest BCUT2D eigenvalue weighted by Crippen LogP contribution is 2.12. The van der Waals surface area contributed by atoms with Crippen LogP contribution < -0.4 is 5.32 Å². The van der Waals surface area contributed by atoms with Gasteiger partial charge >= 0.3 is 0 Å². The standard InChI is InChI=1S/C17H16ClN3O/c1-21(12-14-3-2-4-15(18)9-14)17(22)11-20-16-7-5-13(10-19)6-8-16/h2-9,20H,11-12H2,1H3. The minimum Gasteiger partial charge on any atom is -0.376 e. The van der Waals surface area contributed by atoms with Gasteiger partial charge in [0.1, 0.15) is 0 Å². The molecule has 2 rings (SSSR count). The Hall–Kier alpha value is -2.51. The lowest BCUT2D eigenvalue weighted by Gasteiger charge is -2.18. The summed E-state index contributed by atoms with van der Waals surface area (Å²) in [5.74, 6) is -0.0238. The molecule has 22 heavy (non-hydrogen) atoms. The van der Waals surface area contributed by atoms with Crippen LogP contribution in [0.2, 0.25) is 5.02 Å². The van der Waals surface area contributed by atoms with Crippen LogP contribution in [0.25, 0.3) is 0 Å². The summed E-state index contributed by atoms with van der Waals surface area (Å²) in [7, 11) is 1.75. The number of nitriles is 1. The van der Waals surface area contributed by atoms with Crippen LogP contribution in [0.3, 0.4) is 0 Å². The quantitative estimate of drug-likeness (QED) is 0.921. The highest BCUT2D eigenvalue weighted by molar-refractivity contribution is 6.30. The molecule has 4 nitrogen and oxygen atoms in total. The van der Waals surface area contributed by atoms with E-state index >= 15 is 0 Å². The summed E-state index contributed by atoms with van der Waals surface area (Å²) >= 11 is 5.94. The molecule has 0 spiro atoms. The number of hydrogen-bond acceptors (Lipinski definition) is 3. The van der Waals surface area contributed by atoms with Gasteiger partial charge in [-0.15, -0.1) is 0 Å². The number of rotatable bonds is 5. The van der Waals surface area contributed by atoms with E-state index < -0.39 is 0 Å². The Morgan fingerprint density at radius 1 is 1.27 bits per heavy atom. The minimum atomic E-state index is -0.0238. The Kier molecular flexibility index (Phi) is 5.40. The molecule has 2 aromatic carbocycles. The second-order valence-corrected chi connectivity index (χ2v) is 5.36. The molecule has 2 aromatic rings. The molecule has 0 aliphatic carbocycles. The van der Waals surface area contributed by atoms with E-state index in [2.05, 4.69) is 11.4 Å². The third kappa shape index (κ3) is 4.51. The molecule has 0 aliphatic rings. The number of halogens is 1. The summed E-state index contributed by atoms with van der Waals surface area (Å²) in [6, 6.07) is 16.5. The predicted octanol–water partition coefficient (Wildman–Crippen LogP) is 3.28. The molecule has 112 valence electrons. The first-order valence-electron chi connectivity index (χ1n) is 6.81. The Bertz CT molecular complexity index is 692. The molecule has 1 N–H and O–H groups in total. The summed E-state index contributed by atoms with van der Waals surface area (Å²) in [6.07, 6.45) is 0. The SMILES string of the molecule is CN(Cc1cccc(Cl)c1)C(=O)CNc1ccc(C#N)cc1. The van der Waals surface area contributed by atoms with Crippen molar-refractivity contribution in [3.05, 3.63) is 64.7 Å². The number of carbonyl (C=O) groups excluding carboxylic acids is 1. The maximum absolute atomic E-state index is 12.1. The molecular formula is C17H16ClN3O. The average Bonchev–Trinajstić information content (AvgIpc) is 2.53. The maximum atomic E-state index is 12.1. The van der Waals surface area contributed by atoms with Crippen molar-refractivity contribution in [2.24, 2.45) is 0 Å². The number of hydrogen-bond donors (Lipinski definition) is 1. The van der Waals surface area contributed by atoms with Gasteiger partial charge in [-0.1, -0.05) is 23.7 Å². The molecule has 0 bridgehead atoms. The number of nitrogens with zero attached hydrogens (tertiary/aromatic N) is 2. The van der Waals surface area contributed by atoms with Gasteiger partial charge in [-0.3, -0.25) is 4.79 Å². The number of likely N-dealkylation sites (N-methyl/N-ethyl adjacent to an activating group) is 1. The van der Waals surface area contributed by atoms with Crippen LogP contribution in [0, 0.1) is 11.3 Å². The maximum Gasteiger partial charge on any atom is 0.241 e. The van der Waals surface area contributed by atoms with Crippen molar-refractivity contribution in [1.29, 1.82) is 5.26 Å². The zero-order valence-electron chi connectivity index (χ0n) is 12.2. The summed E-state index contributed by atoms with van der Waals surface area (Å²) < 4.78 is 0. The van der Waals surface area contributed by atoms with Crippen molar-refractivity contribution in [2.45, 2.75) is 6.54 Å². The van der Waals surface area contributed by atoms with Gasteiger partial charge in [0, 0.05) is 24.3 Å². The molecule has 0 saturated heterocycles. The molecule has 0 fully saturated rings. The highest BCUT2D eigenvalue weighted by atomic mass is 35.5. The van der Waals surface area contributed by atoms with Crippen LogP contribution in [0.4, 0.5) is 5.69 Å². The molecule has 0 heterocycles. The second kappa shape index (κ2) is 7.48. The number of amides is 1. The third-order valence-electron chi connectivity index (χ3n) is 3.19. The van der Waals surface area contributed by atoms with Gasteiger partial charge in [-0.2, -0.15) is 5.26 Å². The molecule has 0 saturated carbocycles. The molecule has 0 unspecified atom stereocenters. The number of nitrogens with one attached hydrogen (secondary N) is 1. The second-order valence-electron chi connectivity index (χ2n) is 4.92. The Labute approximate surface area is 134 Å². The van der Waals surface area contributed by atoms with E-state index in [1.807, 2.05) is 18.2 Å². The van der Waals surface area contributed by atoms with Crippen LogP contribution in [0.15, 0.2) is 48.5 Å². The van der Waals surface area contributed by atoms with Crippen molar-refractivity contribution in [3.8, 4) is 6.07 Å². The van der Waals surface area contributed by atoms with E-state index in [0.717, 1.165) is 11.3 Å². The topological polar surface area (TPSA) is 56.1 Å². The van der Waals surface area contributed by atoms with Crippen LogP contribution in [0.5, 0.6) is 0 Å². The van der Waals surface area contributed by atoms with Gasteiger partial charge in [-0.05, 0) is 42.0 Å². The molecule has 1 amide bonds. The molecular weight excluding hydrogens is 298 g/mol. The normalized spacial score (nSPS) is 9.86. The molecule has 0 aliphatic heterocycles. The first kappa shape index (κ1) is 15.9. The minimum absolute atomic E-state index is 0.0238. The lowest BCUT2D eigenvalue weighted by Crippen LogP contribution is -2.31. The van der Waals surface area contributed by atoms with Gasteiger partial charge < -0.3 is 10.2 Å². The van der Waals surface area contributed by atoms with Crippen LogP contribution in [0.1, 0.15) is 11.1 Å². The van der Waals surface area contributed by atoms with E-state index in [1.54, 1.807) is 42.3 Å². The van der Waals surface area contributed by atoms with Crippen LogP contribution >= 0.6 is 11.6 Å². The smallest absolute Gasteiger partial charge is 0.241 e. The van der Waals surface area contributed by atoms with Gasteiger partial charge in [0.2, 0.25) is 5.91 Å². The monoisotopic (exact) mass is 313 g/mol. The van der Waals surface area contributed by atoms with Crippen molar-refractivity contribution in [2.75, 3.05) is 18.9 Å². The van der Waals surface area contributed by atoms with Crippen LogP contribution in [-0.2, 0) is 11.3 Å². The van der Waals surface area contributed by atoms with Gasteiger partial charge in [-0.25, -0.2) is 0 Å². The van der Waals surface area contributed by atoms with E-state index in [-0.39, 0.29) is 12.5 Å². The zero-order valence-corrected chi connectivity index (χ0v) is 13.0. The van der Waals surface area contributed by atoms with E-state index in [9.17, 15) is 4.79 Å². The Balaban J connectivity index is 1.87. The van der Waals surface area contributed by atoms with Gasteiger partial charge in [0.05, 0.1) is 18.2 Å². The van der Waals surface area contributed by atoms with E-state index in [1.165, 1.54) is 0 Å². The number of anilines is 1. The predicted molar refractivity (Wildman–Crippen MR) is 87.6 cm³/mol. The van der Waals surface area contributed by atoms with Crippen molar-refractivity contribution >= 4 is 23.2 Å².